The van der Waals surface area contributed by atoms with Crippen LogP contribution in [-0.2, 0) is 11.2 Å². The van der Waals surface area contributed by atoms with Crippen molar-refractivity contribution in [3.05, 3.63) is 35.6 Å². The minimum atomic E-state index is -0.248. The number of urea groups is 1. The number of rotatable bonds is 6. The van der Waals surface area contributed by atoms with Crippen LogP contribution in [0.2, 0.25) is 0 Å². The van der Waals surface area contributed by atoms with Crippen LogP contribution in [0, 0.1) is 5.82 Å². The Morgan fingerprint density at radius 1 is 1.29 bits per heavy atom. The highest BCUT2D eigenvalue weighted by Crippen LogP contribution is 2.24. The summed E-state index contributed by atoms with van der Waals surface area (Å²) >= 11 is 0. The molecule has 2 N–H and O–H groups in total. The Balaban J connectivity index is 1.80. The van der Waals surface area contributed by atoms with Crippen molar-refractivity contribution < 1.29 is 13.9 Å². The van der Waals surface area contributed by atoms with Crippen molar-refractivity contribution in [3.63, 3.8) is 0 Å². The maximum Gasteiger partial charge on any atom is 0.315 e. The van der Waals surface area contributed by atoms with Gasteiger partial charge in [0.15, 0.2) is 0 Å². The molecule has 6 heteroatoms. The number of carbonyl (C=O) groups is 1. The molecule has 24 heavy (non-hydrogen) atoms. The number of ether oxygens (including phenoxy) is 1. The lowest BCUT2D eigenvalue weighted by Crippen LogP contribution is -2.57. The fourth-order valence-electron chi connectivity index (χ4n) is 3.08. The average Bonchev–Trinajstić information content (AvgIpc) is 2.56. The van der Waals surface area contributed by atoms with E-state index in [2.05, 4.69) is 15.5 Å². The standard InChI is InChI=1S/C18H28FN3O2/c1-14(12-15-4-6-16(19)7-5-15)21-17(23)20-13-18(22(2)3)8-10-24-11-9-18/h4-7,14H,8-13H2,1-3H3,(H2,20,21,23)/t14-/m0/s1. The number of hydrogen-bond donors (Lipinski definition) is 2. The van der Waals surface area contributed by atoms with Crippen LogP contribution in [0.3, 0.4) is 0 Å². The Hall–Kier alpha value is -1.66. The molecule has 0 unspecified atom stereocenters. The first-order chi connectivity index (χ1) is 11.4. The summed E-state index contributed by atoms with van der Waals surface area (Å²) in [6.45, 7) is 3.99. The van der Waals surface area contributed by atoms with E-state index in [1.165, 1.54) is 12.1 Å². The molecule has 1 aromatic carbocycles. The Morgan fingerprint density at radius 3 is 2.50 bits per heavy atom. The van der Waals surface area contributed by atoms with Gasteiger partial charge in [-0.05, 0) is 58.0 Å². The Morgan fingerprint density at radius 2 is 1.92 bits per heavy atom. The number of hydrogen-bond acceptors (Lipinski definition) is 3. The molecule has 0 radical (unpaired) electrons. The van der Waals surface area contributed by atoms with Gasteiger partial charge in [0.2, 0.25) is 0 Å². The van der Waals surface area contributed by atoms with Crippen LogP contribution < -0.4 is 10.6 Å². The summed E-state index contributed by atoms with van der Waals surface area (Å²) in [7, 11) is 4.09. The lowest BCUT2D eigenvalue weighted by atomic mass is 9.88. The molecule has 0 spiro atoms. The van der Waals surface area contributed by atoms with Crippen molar-refractivity contribution >= 4 is 6.03 Å². The zero-order valence-electron chi connectivity index (χ0n) is 14.8. The molecule has 0 aromatic heterocycles. The molecule has 1 fully saturated rings. The smallest absolute Gasteiger partial charge is 0.315 e. The van der Waals surface area contributed by atoms with E-state index in [-0.39, 0.29) is 23.4 Å². The van der Waals surface area contributed by atoms with Crippen molar-refractivity contribution in [1.29, 1.82) is 0 Å². The minimum absolute atomic E-state index is 0.0274. The van der Waals surface area contributed by atoms with E-state index in [4.69, 9.17) is 4.74 Å². The maximum absolute atomic E-state index is 12.9. The van der Waals surface area contributed by atoms with Gasteiger partial charge in [-0.2, -0.15) is 0 Å². The lowest BCUT2D eigenvalue weighted by molar-refractivity contribution is -0.00574. The fraction of sp³-hybridized carbons (Fsp3) is 0.611. The third-order valence-corrected chi connectivity index (χ3v) is 4.78. The number of halogens is 1. The Kier molecular flexibility index (Phi) is 6.57. The molecule has 0 saturated carbocycles. The van der Waals surface area contributed by atoms with Gasteiger partial charge in [-0.3, -0.25) is 0 Å². The van der Waals surface area contributed by atoms with Crippen LogP contribution >= 0.6 is 0 Å². The monoisotopic (exact) mass is 337 g/mol. The Labute approximate surface area is 143 Å². The van der Waals surface area contributed by atoms with Crippen molar-refractivity contribution in [3.8, 4) is 0 Å². The van der Waals surface area contributed by atoms with E-state index < -0.39 is 0 Å². The molecule has 1 aliphatic rings. The topological polar surface area (TPSA) is 53.6 Å². The third-order valence-electron chi connectivity index (χ3n) is 4.78. The second-order valence-electron chi connectivity index (χ2n) is 6.79. The summed E-state index contributed by atoms with van der Waals surface area (Å²) in [5, 5.41) is 5.94. The normalized spacial score (nSPS) is 18.2. The van der Waals surface area contributed by atoms with E-state index in [9.17, 15) is 9.18 Å². The molecule has 1 aromatic rings. The zero-order valence-corrected chi connectivity index (χ0v) is 14.8. The van der Waals surface area contributed by atoms with Crippen molar-refractivity contribution in [2.45, 2.75) is 37.8 Å². The highest BCUT2D eigenvalue weighted by molar-refractivity contribution is 5.74. The molecule has 134 valence electrons. The highest BCUT2D eigenvalue weighted by Gasteiger charge is 2.35. The van der Waals surface area contributed by atoms with E-state index in [1.807, 2.05) is 21.0 Å². The molecule has 0 bridgehead atoms. The van der Waals surface area contributed by atoms with Gasteiger partial charge < -0.3 is 20.3 Å². The van der Waals surface area contributed by atoms with Crippen LogP contribution in [0.5, 0.6) is 0 Å². The summed E-state index contributed by atoms with van der Waals surface area (Å²) in [4.78, 5) is 14.4. The Bertz CT molecular complexity index is 528. The van der Waals surface area contributed by atoms with Gasteiger partial charge in [-0.1, -0.05) is 12.1 Å². The summed E-state index contributed by atoms with van der Waals surface area (Å²) in [5.74, 6) is -0.248. The van der Waals surface area contributed by atoms with E-state index in [0.717, 1.165) is 31.6 Å². The molecule has 5 nitrogen and oxygen atoms in total. The molecule has 1 heterocycles. The second-order valence-corrected chi connectivity index (χ2v) is 6.79. The largest absolute Gasteiger partial charge is 0.381 e. The van der Waals surface area contributed by atoms with Gasteiger partial charge in [0.25, 0.3) is 0 Å². The molecular weight excluding hydrogens is 309 g/mol. The van der Waals surface area contributed by atoms with Crippen molar-refractivity contribution in [2.24, 2.45) is 0 Å². The number of nitrogens with zero attached hydrogens (tertiary/aromatic N) is 1. The first-order valence-electron chi connectivity index (χ1n) is 8.45. The highest BCUT2D eigenvalue weighted by atomic mass is 19.1. The predicted molar refractivity (Wildman–Crippen MR) is 92.6 cm³/mol. The van der Waals surface area contributed by atoms with E-state index >= 15 is 0 Å². The number of benzene rings is 1. The molecule has 2 amide bonds. The van der Waals surface area contributed by atoms with E-state index in [0.29, 0.717) is 13.0 Å². The maximum atomic E-state index is 12.9. The molecule has 2 rings (SSSR count). The van der Waals surface area contributed by atoms with Crippen LogP contribution in [0.1, 0.15) is 25.3 Å². The summed E-state index contributed by atoms with van der Waals surface area (Å²) in [6.07, 6.45) is 2.48. The molecule has 0 aliphatic carbocycles. The van der Waals surface area contributed by atoms with Gasteiger partial charge >= 0.3 is 6.03 Å². The fourth-order valence-corrected chi connectivity index (χ4v) is 3.08. The van der Waals surface area contributed by atoms with Gasteiger partial charge in [-0.25, -0.2) is 9.18 Å². The third kappa shape index (κ3) is 5.18. The average molecular weight is 337 g/mol. The first kappa shape index (κ1) is 18.7. The van der Waals surface area contributed by atoms with Crippen LogP contribution in [-0.4, -0.2) is 56.4 Å². The van der Waals surface area contributed by atoms with Crippen molar-refractivity contribution in [1.82, 2.24) is 15.5 Å². The summed E-state index contributed by atoms with van der Waals surface area (Å²) in [5.41, 5.74) is 0.953. The number of nitrogens with one attached hydrogen (secondary N) is 2. The van der Waals surface area contributed by atoms with Gasteiger partial charge in [0, 0.05) is 31.3 Å². The van der Waals surface area contributed by atoms with Gasteiger partial charge in [0.1, 0.15) is 5.82 Å². The van der Waals surface area contributed by atoms with Crippen LogP contribution in [0.15, 0.2) is 24.3 Å². The number of likely N-dealkylation sites (N-methyl/N-ethyl adjacent to an activating group) is 1. The summed E-state index contributed by atoms with van der Waals surface area (Å²) in [6, 6.07) is 6.17. The summed E-state index contributed by atoms with van der Waals surface area (Å²) < 4.78 is 18.4. The van der Waals surface area contributed by atoms with Gasteiger partial charge in [-0.15, -0.1) is 0 Å². The van der Waals surface area contributed by atoms with Crippen molar-refractivity contribution in [2.75, 3.05) is 33.9 Å². The van der Waals surface area contributed by atoms with Crippen LogP contribution in [0.4, 0.5) is 9.18 Å². The molecule has 1 saturated heterocycles. The molecular formula is C18H28FN3O2. The molecule has 1 aliphatic heterocycles. The minimum Gasteiger partial charge on any atom is -0.381 e. The number of amides is 2. The first-order valence-corrected chi connectivity index (χ1v) is 8.45. The van der Waals surface area contributed by atoms with Crippen LogP contribution in [0.25, 0.3) is 0 Å². The van der Waals surface area contributed by atoms with E-state index in [1.54, 1.807) is 12.1 Å². The quantitative estimate of drug-likeness (QED) is 0.836. The zero-order chi connectivity index (χ0) is 17.6. The van der Waals surface area contributed by atoms with Gasteiger partial charge in [0.05, 0.1) is 0 Å². The SMILES string of the molecule is C[C@@H](Cc1ccc(F)cc1)NC(=O)NCC1(N(C)C)CCOCC1. The lowest BCUT2D eigenvalue weighted by Gasteiger charge is -2.42. The second kappa shape index (κ2) is 8.44. The molecule has 1 atom stereocenters. The predicted octanol–water partition coefficient (Wildman–Crippen LogP) is 2.17. The number of carbonyl (C=O) groups excluding carboxylic acids is 1.